The molecule has 0 aromatic rings. The molecular weight excluding hydrogens is 210 g/mol. The number of nitrogens with zero attached hydrogens (tertiary/aromatic N) is 2. The Kier molecular flexibility index (Phi) is 4.83. The Hall–Kier alpha value is -0.120. The second kappa shape index (κ2) is 6.17. The molecule has 0 amide bonds. The minimum absolute atomic E-state index is 0.706. The summed E-state index contributed by atoms with van der Waals surface area (Å²) < 4.78 is 0. The highest BCUT2D eigenvalue weighted by Gasteiger charge is 2.25. The largest absolute Gasteiger partial charge is 0.311 e. The molecule has 0 radical (unpaired) electrons. The second-order valence-corrected chi connectivity index (χ2v) is 6.17. The molecule has 2 rings (SSSR count). The summed E-state index contributed by atoms with van der Waals surface area (Å²) in [7, 11) is 4.47. The number of hydrogen-bond acceptors (Lipinski definition) is 3. The fourth-order valence-corrected chi connectivity index (χ4v) is 3.21. The van der Waals surface area contributed by atoms with E-state index in [0.29, 0.717) is 6.04 Å². The topological polar surface area (TPSA) is 18.5 Å². The van der Waals surface area contributed by atoms with Crippen molar-refractivity contribution in [3.63, 3.8) is 0 Å². The summed E-state index contributed by atoms with van der Waals surface area (Å²) in [4.78, 5) is 4.90. The Morgan fingerprint density at radius 2 is 1.35 bits per heavy atom. The van der Waals surface area contributed by atoms with Gasteiger partial charge in [0.2, 0.25) is 0 Å². The predicted octanol–water partition coefficient (Wildman–Crippen LogP) is 1.40. The Balaban J connectivity index is 1.71. The minimum Gasteiger partial charge on any atom is -0.311 e. The number of hydrogen-bond donors (Lipinski definition) is 1. The molecule has 2 fully saturated rings. The molecule has 2 aliphatic heterocycles. The van der Waals surface area contributed by atoms with Gasteiger partial charge in [-0.05, 0) is 78.8 Å². The van der Waals surface area contributed by atoms with Crippen molar-refractivity contribution in [2.75, 3.05) is 40.3 Å². The summed E-state index contributed by atoms with van der Waals surface area (Å²) in [5, 5.41) is 3.88. The number of likely N-dealkylation sites (tertiary alicyclic amines) is 2. The summed E-state index contributed by atoms with van der Waals surface area (Å²) in [6.07, 6.45) is 5.40. The van der Waals surface area contributed by atoms with E-state index >= 15 is 0 Å². The van der Waals surface area contributed by atoms with Gasteiger partial charge >= 0.3 is 0 Å². The van der Waals surface area contributed by atoms with Crippen LogP contribution < -0.4 is 5.32 Å². The highest BCUT2D eigenvalue weighted by molar-refractivity contribution is 4.83. The lowest BCUT2D eigenvalue weighted by Crippen LogP contribution is -2.48. The molecular formula is C14H29N3. The fraction of sp³-hybridized carbons (Fsp3) is 1.00. The number of piperidine rings is 2. The standard InChI is InChI=1S/C14H29N3/c1-12(13-4-8-16(2)9-5-13)15-14-6-10-17(3)11-7-14/h12-15H,4-11H2,1-3H3. The van der Waals surface area contributed by atoms with Gasteiger partial charge in [-0.1, -0.05) is 0 Å². The third-order valence-corrected chi connectivity index (χ3v) is 4.69. The van der Waals surface area contributed by atoms with Crippen LogP contribution in [0.1, 0.15) is 32.6 Å². The first-order valence-electron chi connectivity index (χ1n) is 7.28. The van der Waals surface area contributed by atoms with Gasteiger partial charge in [-0.25, -0.2) is 0 Å². The first-order valence-corrected chi connectivity index (χ1v) is 7.28. The van der Waals surface area contributed by atoms with E-state index in [-0.39, 0.29) is 0 Å². The van der Waals surface area contributed by atoms with Crippen molar-refractivity contribution in [2.24, 2.45) is 5.92 Å². The van der Waals surface area contributed by atoms with E-state index in [1.165, 1.54) is 51.9 Å². The molecule has 2 aliphatic rings. The number of rotatable bonds is 3. The molecule has 0 aliphatic carbocycles. The lowest BCUT2D eigenvalue weighted by Gasteiger charge is -2.37. The highest BCUT2D eigenvalue weighted by atomic mass is 15.1. The van der Waals surface area contributed by atoms with Crippen molar-refractivity contribution in [2.45, 2.75) is 44.7 Å². The smallest absolute Gasteiger partial charge is 0.00939 e. The van der Waals surface area contributed by atoms with Gasteiger partial charge < -0.3 is 15.1 Å². The van der Waals surface area contributed by atoms with Crippen LogP contribution in [-0.2, 0) is 0 Å². The average Bonchev–Trinajstić information content (AvgIpc) is 2.33. The van der Waals surface area contributed by atoms with Crippen molar-refractivity contribution in [3.05, 3.63) is 0 Å². The molecule has 0 aromatic carbocycles. The molecule has 0 aromatic heterocycles. The van der Waals surface area contributed by atoms with Gasteiger partial charge in [0.1, 0.15) is 0 Å². The van der Waals surface area contributed by atoms with Gasteiger partial charge in [0, 0.05) is 12.1 Å². The highest BCUT2D eigenvalue weighted by Crippen LogP contribution is 2.21. The molecule has 2 heterocycles. The van der Waals surface area contributed by atoms with Crippen LogP contribution in [0.2, 0.25) is 0 Å². The van der Waals surface area contributed by atoms with E-state index < -0.39 is 0 Å². The van der Waals surface area contributed by atoms with Crippen molar-refractivity contribution in [1.82, 2.24) is 15.1 Å². The van der Waals surface area contributed by atoms with Gasteiger partial charge in [0.25, 0.3) is 0 Å². The number of nitrogens with one attached hydrogen (secondary N) is 1. The van der Waals surface area contributed by atoms with E-state index in [1.54, 1.807) is 0 Å². The molecule has 1 unspecified atom stereocenters. The predicted molar refractivity (Wildman–Crippen MR) is 73.3 cm³/mol. The lowest BCUT2D eigenvalue weighted by atomic mass is 9.89. The monoisotopic (exact) mass is 239 g/mol. The quantitative estimate of drug-likeness (QED) is 0.803. The van der Waals surface area contributed by atoms with E-state index in [2.05, 4.69) is 36.1 Å². The molecule has 1 N–H and O–H groups in total. The van der Waals surface area contributed by atoms with Crippen LogP contribution in [0, 0.1) is 5.92 Å². The van der Waals surface area contributed by atoms with E-state index in [0.717, 1.165) is 12.0 Å². The van der Waals surface area contributed by atoms with E-state index in [4.69, 9.17) is 0 Å². The van der Waals surface area contributed by atoms with Gasteiger partial charge in [-0.2, -0.15) is 0 Å². The molecule has 1 atom stereocenters. The van der Waals surface area contributed by atoms with Gasteiger partial charge in [0.05, 0.1) is 0 Å². The third-order valence-electron chi connectivity index (χ3n) is 4.69. The zero-order chi connectivity index (χ0) is 12.3. The summed E-state index contributed by atoms with van der Waals surface area (Å²) >= 11 is 0. The maximum absolute atomic E-state index is 3.88. The van der Waals surface area contributed by atoms with Crippen LogP contribution in [0.3, 0.4) is 0 Å². The summed E-state index contributed by atoms with van der Waals surface area (Å²) in [6, 6.07) is 1.47. The van der Waals surface area contributed by atoms with Crippen LogP contribution >= 0.6 is 0 Å². The van der Waals surface area contributed by atoms with Crippen LogP contribution in [0.15, 0.2) is 0 Å². The molecule has 0 bridgehead atoms. The SMILES string of the molecule is CC(NC1CCN(C)CC1)C1CCN(C)CC1. The maximum Gasteiger partial charge on any atom is 0.00939 e. The zero-order valence-electron chi connectivity index (χ0n) is 11.8. The maximum atomic E-state index is 3.88. The van der Waals surface area contributed by atoms with Crippen LogP contribution in [-0.4, -0.2) is 62.2 Å². The van der Waals surface area contributed by atoms with Gasteiger partial charge in [-0.15, -0.1) is 0 Å². The first-order chi connectivity index (χ1) is 8.15. The van der Waals surface area contributed by atoms with E-state index in [9.17, 15) is 0 Å². The molecule has 0 spiro atoms. The first kappa shape index (κ1) is 13.3. The molecule has 100 valence electrons. The van der Waals surface area contributed by atoms with Crippen molar-refractivity contribution in [3.8, 4) is 0 Å². The van der Waals surface area contributed by atoms with Crippen LogP contribution in [0.4, 0.5) is 0 Å². The fourth-order valence-electron chi connectivity index (χ4n) is 3.21. The Morgan fingerprint density at radius 1 is 0.882 bits per heavy atom. The zero-order valence-corrected chi connectivity index (χ0v) is 11.8. The van der Waals surface area contributed by atoms with Gasteiger partial charge in [-0.3, -0.25) is 0 Å². The molecule has 2 saturated heterocycles. The lowest BCUT2D eigenvalue weighted by molar-refractivity contribution is 0.166. The van der Waals surface area contributed by atoms with E-state index in [1.807, 2.05) is 0 Å². The summed E-state index contributed by atoms with van der Waals surface area (Å²) in [5.41, 5.74) is 0. The van der Waals surface area contributed by atoms with Crippen molar-refractivity contribution >= 4 is 0 Å². The Morgan fingerprint density at radius 3 is 1.88 bits per heavy atom. The summed E-state index contributed by atoms with van der Waals surface area (Å²) in [5.74, 6) is 0.894. The normalized spacial score (nSPS) is 28.4. The van der Waals surface area contributed by atoms with Crippen LogP contribution in [0.25, 0.3) is 0 Å². The molecule has 0 saturated carbocycles. The Labute approximate surface area is 107 Å². The third kappa shape index (κ3) is 3.94. The minimum atomic E-state index is 0.706. The molecule has 3 nitrogen and oxygen atoms in total. The molecule has 3 heteroatoms. The van der Waals surface area contributed by atoms with Crippen LogP contribution in [0.5, 0.6) is 0 Å². The summed E-state index contributed by atoms with van der Waals surface area (Å²) in [6.45, 7) is 7.48. The molecule has 17 heavy (non-hydrogen) atoms. The van der Waals surface area contributed by atoms with Gasteiger partial charge in [0.15, 0.2) is 0 Å². The average molecular weight is 239 g/mol. The Bertz CT molecular complexity index is 216. The van der Waals surface area contributed by atoms with Crippen molar-refractivity contribution < 1.29 is 0 Å². The van der Waals surface area contributed by atoms with Crippen molar-refractivity contribution in [1.29, 1.82) is 0 Å². The second-order valence-electron chi connectivity index (χ2n) is 6.17.